The molecule has 4 nitrogen and oxygen atoms in total. The first-order valence-electron chi connectivity index (χ1n) is 5.82. The fourth-order valence-corrected chi connectivity index (χ4v) is 1.88. The van der Waals surface area contributed by atoms with Crippen molar-refractivity contribution in [3.05, 3.63) is 34.9 Å². The average Bonchev–Trinajstić information content (AvgIpc) is 2.37. The average molecular weight is 280 g/mol. The normalized spacial score (nSPS) is 11.5. The predicted molar refractivity (Wildman–Crippen MR) is 70.8 cm³/mol. The number of carbonyl (C=O) groups is 2. The molecule has 0 amide bonds. The number of Topliss-reactive ketones (excluding diaryl/α,β-unsaturated/α-hetero) is 1. The molecule has 0 spiro atoms. The molecule has 0 radical (unpaired) electrons. The van der Waals surface area contributed by atoms with Crippen LogP contribution in [0.4, 0.5) is 0 Å². The van der Waals surface area contributed by atoms with E-state index in [0.717, 1.165) is 0 Å². The van der Waals surface area contributed by atoms with E-state index in [9.17, 15) is 9.59 Å². The summed E-state index contributed by atoms with van der Waals surface area (Å²) in [6.45, 7) is 3.37. The van der Waals surface area contributed by atoms with Crippen LogP contribution in [0, 0.1) is 11.3 Å². The number of ketones is 1. The molecular weight excluding hydrogens is 266 g/mol. The molecule has 0 N–H and O–H groups in total. The molecule has 0 aliphatic carbocycles. The van der Waals surface area contributed by atoms with Crippen LogP contribution in [0.25, 0.3) is 0 Å². The van der Waals surface area contributed by atoms with Crippen LogP contribution in [-0.4, -0.2) is 18.4 Å². The van der Waals surface area contributed by atoms with Gasteiger partial charge in [0.1, 0.15) is 5.38 Å². The molecular formula is C14H14ClNO3. The number of hydrogen-bond donors (Lipinski definition) is 0. The van der Waals surface area contributed by atoms with Gasteiger partial charge in [-0.05, 0) is 37.1 Å². The van der Waals surface area contributed by atoms with Crippen LogP contribution in [0.5, 0.6) is 0 Å². The predicted octanol–water partition coefficient (Wildman–Crippen LogP) is 2.53. The minimum atomic E-state index is -0.822. The first-order chi connectivity index (χ1) is 8.99. The van der Waals surface area contributed by atoms with E-state index in [0.29, 0.717) is 16.7 Å². The number of nitrogens with zero attached hydrogens (tertiary/aromatic N) is 1. The third-order valence-corrected chi connectivity index (χ3v) is 3.08. The number of alkyl halides is 1. The Morgan fingerprint density at radius 3 is 2.68 bits per heavy atom. The second-order valence-electron chi connectivity index (χ2n) is 3.98. The van der Waals surface area contributed by atoms with Crippen LogP contribution in [0.15, 0.2) is 18.2 Å². The van der Waals surface area contributed by atoms with Crippen molar-refractivity contribution in [3.63, 3.8) is 0 Å². The molecule has 5 heteroatoms. The smallest absolute Gasteiger partial charge is 0.310 e. The van der Waals surface area contributed by atoms with Crippen LogP contribution in [0.3, 0.4) is 0 Å². The molecule has 0 aliphatic heterocycles. The number of carbonyl (C=O) groups excluding carboxylic acids is 2. The zero-order valence-corrected chi connectivity index (χ0v) is 11.5. The van der Waals surface area contributed by atoms with E-state index in [2.05, 4.69) is 0 Å². The molecule has 1 aromatic rings. The Morgan fingerprint density at radius 1 is 1.47 bits per heavy atom. The Hall–Kier alpha value is -1.86. The maximum atomic E-state index is 11.5. The Labute approximate surface area is 116 Å². The Kier molecular flexibility index (Phi) is 5.53. The van der Waals surface area contributed by atoms with Gasteiger partial charge in [-0.1, -0.05) is 6.07 Å². The van der Waals surface area contributed by atoms with Crippen LogP contribution in [0.1, 0.15) is 35.9 Å². The molecule has 19 heavy (non-hydrogen) atoms. The van der Waals surface area contributed by atoms with Gasteiger partial charge in [0.2, 0.25) is 0 Å². The van der Waals surface area contributed by atoms with Crippen LogP contribution in [-0.2, 0) is 20.7 Å². The number of halogens is 1. The van der Waals surface area contributed by atoms with Crippen molar-refractivity contribution < 1.29 is 14.3 Å². The summed E-state index contributed by atoms with van der Waals surface area (Å²) >= 11 is 6.02. The van der Waals surface area contributed by atoms with Gasteiger partial charge in [0.05, 0.1) is 24.7 Å². The van der Waals surface area contributed by atoms with Gasteiger partial charge in [0.15, 0.2) is 5.78 Å². The highest BCUT2D eigenvalue weighted by Gasteiger charge is 2.19. The number of rotatable bonds is 5. The van der Waals surface area contributed by atoms with E-state index in [-0.39, 0.29) is 18.8 Å². The zero-order chi connectivity index (χ0) is 14.4. The molecule has 0 saturated heterocycles. The number of benzene rings is 1. The summed E-state index contributed by atoms with van der Waals surface area (Å²) in [6.07, 6.45) is -0.00477. The van der Waals surface area contributed by atoms with Gasteiger partial charge in [-0.25, -0.2) is 0 Å². The Balaban J connectivity index is 3.13. The van der Waals surface area contributed by atoms with Crippen LogP contribution < -0.4 is 0 Å². The van der Waals surface area contributed by atoms with Crippen molar-refractivity contribution in [1.29, 1.82) is 5.26 Å². The van der Waals surface area contributed by atoms with Crippen molar-refractivity contribution in [2.45, 2.75) is 25.6 Å². The standard InChI is InChI=1S/C14H14ClNO3/c1-3-19-13(18)7-11-6-10(8-16)4-5-12(11)14(15)9(2)17/h4-6,14H,3,7H2,1-2H3. The minimum absolute atomic E-state index is 0.00477. The van der Waals surface area contributed by atoms with Crippen molar-refractivity contribution >= 4 is 23.4 Å². The summed E-state index contributed by atoms with van der Waals surface area (Å²) in [4.78, 5) is 22.9. The summed E-state index contributed by atoms with van der Waals surface area (Å²) in [5.74, 6) is -0.622. The lowest BCUT2D eigenvalue weighted by molar-refractivity contribution is -0.142. The van der Waals surface area contributed by atoms with E-state index < -0.39 is 11.3 Å². The highest BCUT2D eigenvalue weighted by Crippen LogP contribution is 2.26. The minimum Gasteiger partial charge on any atom is -0.466 e. The quantitative estimate of drug-likeness (QED) is 0.613. The lowest BCUT2D eigenvalue weighted by Gasteiger charge is -2.12. The fraction of sp³-hybridized carbons (Fsp3) is 0.357. The molecule has 0 saturated carbocycles. The summed E-state index contributed by atoms with van der Waals surface area (Å²) in [5.41, 5.74) is 1.50. The molecule has 0 bridgehead atoms. The molecule has 0 fully saturated rings. The monoisotopic (exact) mass is 279 g/mol. The van der Waals surface area contributed by atoms with Gasteiger partial charge in [0.25, 0.3) is 0 Å². The highest BCUT2D eigenvalue weighted by atomic mass is 35.5. The van der Waals surface area contributed by atoms with E-state index in [1.54, 1.807) is 25.1 Å². The molecule has 0 heterocycles. The summed E-state index contributed by atoms with van der Waals surface area (Å²) in [6, 6.07) is 6.72. The number of hydrogen-bond acceptors (Lipinski definition) is 4. The molecule has 1 atom stereocenters. The molecule has 1 rings (SSSR count). The van der Waals surface area contributed by atoms with Gasteiger partial charge < -0.3 is 4.74 Å². The largest absolute Gasteiger partial charge is 0.466 e. The fourth-order valence-electron chi connectivity index (χ4n) is 1.66. The van der Waals surface area contributed by atoms with Gasteiger partial charge in [-0.15, -0.1) is 11.6 Å². The molecule has 1 aromatic carbocycles. The van der Waals surface area contributed by atoms with E-state index >= 15 is 0 Å². The lowest BCUT2D eigenvalue weighted by Crippen LogP contribution is -2.12. The molecule has 100 valence electrons. The summed E-state index contributed by atoms with van der Waals surface area (Å²) in [7, 11) is 0. The number of ether oxygens (including phenoxy) is 1. The topological polar surface area (TPSA) is 67.2 Å². The van der Waals surface area contributed by atoms with Gasteiger partial charge in [0, 0.05) is 0 Å². The molecule has 0 aliphatic rings. The SMILES string of the molecule is CCOC(=O)Cc1cc(C#N)ccc1C(Cl)C(C)=O. The van der Waals surface area contributed by atoms with Gasteiger partial charge in [-0.2, -0.15) is 5.26 Å². The summed E-state index contributed by atoms with van der Waals surface area (Å²) in [5, 5.41) is 8.05. The maximum Gasteiger partial charge on any atom is 0.310 e. The Bertz CT molecular complexity index is 534. The third kappa shape index (κ3) is 4.08. The second kappa shape index (κ2) is 6.91. The van der Waals surface area contributed by atoms with Crippen molar-refractivity contribution in [1.82, 2.24) is 0 Å². The first kappa shape index (κ1) is 15.2. The molecule has 0 aromatic heterocycles. The first-order valence-corrected chi connectivity index (χ1v) is 6.26. The van der Waals surface area contributed by atoms with Gasteiger partial charge >= 0.3 is 5.97 Å². The lowest BCUT2D eigenvalue weighted by atomic mass is 9.97. The number of esters is 1. The van der Waals surface area contributed by atoms with Crippen molar-refractivity contribution in [3.8, 4) is 6.07 Å². The number of nitriles is 1. The van der Waals surface area contributed by atoms with E-state index in [1.165, 1.54) is 6.92 Å². The highest BCUT2D eigenvalue weighted by molar-refractivity contribution is 6.30. The van der Waals surface area contributed by atoms with Crippen molar-refractivity contribution in [2.24, 2.45) is 0 Å². The van der Waals surface area contributed by atoms with E-state index in [4.69, 9.17) is 21.6 Å². The van der Waals surface area contributed by atoms with E-state index in [1.807, 2.05) is 6.07 Å². The zero-order valence-electron chi connectivity index (χ0n) is 10.8. The molecule has 1 unspecified atom stereocenters. The van der Waals surface area contributed by atoms with Crippen molar-refractivity contribution in [2.75, 3.05) is 6.61 Å². The Morgan fingerprint density at radius 2 is 2.16 bits per heavy atom. The van der Waals surface area contributed by atoms with Crippen LogP contribution >= 0.6 is 11.6 Å². The maximum absolute atomic E-state index is 11.5. The second-order valence-corrected chi connectivity index (χ2v) is 4.42. The summed E-state index contributed by atoms with van der Waals surface area (Å²) < 4.78 is 4.86. The third-order valence-electron chi connectivity index (χ3n) is 2.54. The van der Waals surface area contributed by atoms with Crippen LogP contribution in [0.2, 0.25) is 0 Å². The van der Waals surface area contributed by atoms with Gasteiger partial charge in [-0.3, -0.25) is 9.59 Å².